The zero-order chi connectivity index (χ0) is 24.5. The molecular formula is C26H31N3O5. The van der Waals surface area contributed by atoms with Crippen LogP contribution < -0.4 is 14.8 Å². The Labute approximate surface area is 199 Å². The predicted molar refractivity (Wildman–Crippen MR) is 127 cm³/mol. The van der Waals surface area contributed by atoms with E-state index in [2.05, 4.69) is 12.2 Å². The molecule has 2 heterocycles. The Morgan fingerprint density at radius 3 is 2.32 bits per heavy atom. The summed E-state index contributed by atoms with van der Waals surface area (Å²) in [5, 5.41) is 2.79. The van der Waals surface area contributed by atoms with Crippen LogP contribution in [0.25, 0.3) is 0 Å². The molecule has 2 aliphatic rings. The van der Waals surface area contributed by atoms with Crippen molar-refractivity contribution in [3.8, 4) is 11.5 Å². The lowest BCUT2D eigenvalue weighted by Crippen LogP contribution is -2.45. The molecule has 0 aliphatic carbocycles. The van der Waals surface area contributed by atoms with Gasteiger partial charge >= 0.3 is 6.03 Å². The number of carbonyl (C=O) groups is 3. The van der Waals surface area contributed by atoms with Crippen molar-refractivity contribution in [1.29, 1.82) is 0 Å². The molecule has 0 saturated carbocycles. The molecule has 0 aromatic heterocycles. The fourth-order valence-electron chi connectivity index (χ4n) is 4.66. The van der Waals surface area contributed by atoms with E-state index in [4.69, 9.17) is 9.47 Å². The van der Waals surface area contributed by atoms with Crippen molar-refractivity contribution < 1.29 is 23.9 Å². The van der Waals surface area contributed by atoms with E-state index < -0.39 is 17.5 Å². The molecule has 0 spiro atoms. The Morgan fingerprint density at radius 2 is 1.71 bits per heavy atom. The number of hydrogen-bond acceptors (Lipinski definition) is 5. The van der Waals surface area contributed by atoms with Crippen molar-refractivity contribution >= 4 is 17.8 Å². The number of benzene rings is 2. The number of hydrogen-bond donors (Lipinski definition) is 1. The first kappa shape index (κ1) is 23.6. The molecule has 4 rings (SSSR count). The Kier molecular flexibility index (Phi) is 6.50. The molecule has 1 N–H and O–H groups in total. The number of urea groups is 1. The highest BCUT2D eigenvalue weighted by atomic mass is 16.5. The fraction of sp³-hybridized carbons (Fsp3) is 0.423. The minimum absolute atomic E-state index is 0.272. The lowest BCUT2D eigenvalue weighted by atomic mass is 9.91. The molecule has 8 nitrogen and oxygen atoms in total. The molecular weight excluding hydrogens is 434 g/mol. The Balaban J connectivity index is 1.47. The van der Waals surface area contributed by atoms with E-state index in [1.54, 1.807) is 26.0 Å². The quantitative estimate of drug-likeness (QED) is 0.635. The zero-order valence-corrected chi connectivity index (χ0v) is 20.1. The second kappa shape index (κ2) is 9.37. The average molecular weight is 466 g/mol. The van der Waals surface area contributed by atoms with Crippen LogP contribution in [0.3, 0.4) is 0 Å². The predicted octanol–water partition coefficient (Wildman–Crippen LogP) is 3.01. The van der Waals surface area contributed by atoms with Crippen LogP contribution in [0.2, 0.25) is 0 Å². The van der Waals surface area contributed by atoms with Gasteiger partial charge in [0.1, 0.15) is 12.1 Å². The Bertz CT molecular complexity index is 1110. The summed E-state index contributed by atoms with van der Waals surface area (Å²) in [6.07, 6.45) is 2.64. The third-order valence-corrected chi connectivity index (χ3v) is 6.71. The van der Waals surface area contributed by atoms with Crippen LogP contribution in [0, 0.1) is 0 Å². The molecule has 2 aromatic rings. The van der Waals surface area contributed by atoms with Gasteiger partial charge in [-0.1, -0.05) is 37.6 Å². The first-order valence-electron chi connectivity index (χ1n) is 11.6. The summed E-state index contributed by atoms with van der Waals surface area (Å²) < 4.78 is 10.8. The fourth-order valence-corrected chi connectivity index (χ4v) is 4.66. The normalized spacial score (nSPS) is 19.6. The van der Waals surface area contributed by atoms with Crippen LogP contribution in [0.1, 0.15) is 42.5 Å². The molecule has 0 unspecified atom stereocenters. The van der Waals surface area contributed by atoms with Gasteiger partial charge in [0.05, 0.1) is 14.2 Å². The summed E-state index contributed by atoms with van der Waals surface area (Å²) in [4.78, 5) is 41.8. The molecule has 2 aromatic carbocycles. The monoisotopic (exact) mass is 465 g/mol. The van der Waals surface area contributed by atoms with Crippen molar-refractivity contribution in [2.75, 3.05) is 27.3 Å². The van der Waals surface area contributed by atoms with Crippen molar-refractivity contribution in [2.24, 2.45) is 0 Å². The highest BCUT2D eigenvalue weighted by Gasteiger charge is 2.49. The van der Waals surface area contributed by atoms with Gasteiger partial charge in [0.15, 0.2) is 11.5 Å². The molecule has 1 saturated heterocycles. The zero-order valence-electron chi connectivity index (χ0n) is 20.1. The third-order valence-electron chi connectivity index (χ3n) is 6.71. The average Bonchev–Trinajstić information content (AvgIpc) is 3.07. The van der Waals surface area contributed by atoms with Gasteiger partial charge in [0.25, 0.3) is 5.91 Å². The molecule has 0 radical (unpaired) electrons. The minimum Gasteiger partial charge on any atom is -0.493 e. The van der Waals surface area contributed by atoms with Crippen LogP contribution in [0.4, 0.5) is 4.79 Å². The van der Waals surface area contributed by atoms with E-state index in [-0.39, 0.29) is 12.5 Å². The maximum atomic E-state index is 13.3. The second-order valence-electron chi connectivity index (χ2n) is 8.93. The highest BCUT2D eigenvalue weighted by molar-refractivity contribution is 6.09. The number of rotatable bonds is 7. The first-order valence-corrected chi connectivity index (χ1v) is 11.6. The molecule has 180 valence electrons. The van der Waals surface area contributed by atoms with Gasteiger partial charge in [-0.25, -0.2) is 4.79 Å². The number of imide groups is 1. The summed E-state index contributed by atoms with van der Waals surface area (Å²) in [6, 6.07) is 11.0. The second-order valence-corrected chi connectivity index (χ2v) is 8.93. The number of carbonyl (C=O) groups excluding carboxylic acids is 3. The largest absolute Gasteiger partial charge is 0.493 e. The number of nitrogens with one attached hydrogen (secondary N) is 1. The van der Waals surface area contributed by atoms with Crippen molar-refractivity contribution in [3.63, 3.8) is 0 Å². The van der Waals surface area contributed by atoms with Gasteiger partial charge in [-0.05, 0) is 54.2 Å². The summed E-state index contributed by atoms with van der Waals surface area (Å²) in [7, 11) is 3.16. The topological polar surface area (TPSA) is 88.2 Å². The van der Waals surface area contributed by atoms with E-state index in [0.717, 1.165) is 28.9 Å². The molecule has 1 atom stereocenters. The van der Waals surface area contributed by atoms with Gasteiger partial charge in [-0.2, -0.15) is 0 Å². The molecule has 0 bridgehead atoms. The number of ether oxygens (including phenoxy) is 2. The lowest BCUT2D eigenvalue weighted by molar-refractivity contribution is -0.139. The van der Waals surface area contributed by atoms with Crippen molar-refractivity contribution in [2.45, 2.75) is 45.2 Å². The molecule has 2 aliphatic heterocycles. The Morgan fingerprint density at radius 1 is 1.06 bits per heavy atom. The minimum atomic E-state index is -1.19. The lowest BCUT2D eigenvalue weighted by Gasteiger charge is -2.30. The number of methoxy groups -OCH3 is 2. The van der Waals surface area contributed by atoms with Gasteiger partial charge in [0.2, 0.25) is 5.91 Å². The van der Waals surface area contributed by atoms with Gasteiger partial charge < -0.3 is 19.7 Å². The summed E-state index contributed by atoms with van der Waals surface area (Å²) in [5.74, 6) is 0.567. The first-order chi connectivity index (χ1) is 16.3. The van der Waals surface area contributed by atoms with Gasteiger partial charge in [-0.3, -0.25) is 14.5 Å². The molecule has 1 fully saturated rings. The number of nitrogens with zero attached hydrogens (tertiary/aromatic N) is 2. The van der Waals surface area contributed by atoms with Crippen LogP contribution in [0.15, 0.2) is 36.4 Å². The van der Waals surface area contributed by atoms with Crippen LogP contribution in [-0.2, 0) is 34.5 Å². The number of fused-ring (bicyclic) bond motifs is 1. The SMILES string of the molecule is CCCc1ccc([C@]2(C)NC(=O)N(CC(=O)N3CCc4cc(OC)c(OC)cc4C3)C2=O)cc1. The summed E-state index contributed by atoms with van der Waals surface area (Å²) in [5.41, 5.74) is 2.75. The van der Waals surface area contributed by atoms with E-state index in [9.17, 15) is 14.4 Å². The third kappa shape index (κ3) is 4.20. The summed E-state index contributed by atoms with van der Waals surface area (Å²) >= 11 is 0. The molecule has 34 heavy (non-hydrogen) atoms. The maximum absolute atomic E-state index is 13.3. The van der Waals surface area contributed by atoms with Crippen LogP contribution >= 0.6 is 0 Å². The van der Waals surface area contributed by atoms with Crippen molar-refractivity contribution in [3.05, 3.63) is 58.7 Å². The van der Waals surface area contributed by atoms with Gasteiger partial charge in [-0.15, -0.1) is 0 Å². The summed E-state index contributed by atoms with van der Waals surface area (Å²) in [6.45, 7) is 4.38. The van der Waals surface area contributed by atoms with Crippen LogP contribution in [-0.4, -0.2) is 55.0 Å². The van der Waals surface area contributed by atoms with E-state index >= 15 is 0 Å². The smallest absolute Gasteiger partial charge is 0.325 e. The Hall–Kier alpha value is -3.55. The van der Waals surface area contributed by atoms with E-state index in [1.807, 2.05) is 36.4 Å². The number of amides is 4. The van der Waals surface area contributed by atoms with Gasteiger partial charge in [0, 0.05) is 13.1 Å². The maximum Gasteiger partial charge on any atom is 0.325 e. The molecule has 8 heteroatoms. The highest BCUT2D eigenvalue weighted by Crippen LogP contribution is 2.34. The van der Waals surface area contributed by atoms with Crippen molar-refractivity contribution in [1.82, 2.24) is 15.1 Å². The van der Waals surface area contributed by atoms with E-state index in [1.165, 1.54) is 5.56 Å². The number of aryl methyl sites for hydroxylation is 1. The van der Waals surface area contributed by atoms with Crippen LogP contribution in [0.5, 0.6) is 11.5 Å². The molecule has 4 amide bonds. The standard InChI is InChI=1S/C26H31N3O5/c1-5-6-17-7-9-20(10-8-17)26(2)24(31)29(25(32)27-26)16-23(30)28-12-11-18-13-21(33-3)22(34-4)14-19(18)15-28/h7-10,13-14H,5-6,11-12,15-16H2,1-4H3,(H,27,32)/t26-/m0/s1. The van der Waals surface area contributed by atoms with E-state index in [0.29, 0.717) is 36.6 Å².